The number of ether oxygens (including phenoxy) is 2. The van der Waals surface area contributed by atoms with Gasteiger partial charge in [0.15, 0.2) is 0 Å². The minimum atomic E-state index is -0.228. The Kier molecular flexibility index (Phi) is 7.35. The molecule has 0 saturated carbocycles. The Balaban J connectivity index is 1.51. The minimum Gasteiger partial charge on any atom is -0.496 e. The van der Waals surface area contributed by atoms with Gasteiger partial charge < -0.3 is 20.1 Å². The standard InChI is InChI=1S/C30H28N2O4/c1-19-17-21(13-15-25(19)31-29(33)23-9-5-7-11-27(23)35-3)22-14-16-26(20(2)18-22)32-30(34)24-10-6-8-12-28(24)36-4/h5-18H,1-4H3,(H,31,33)(H,32,34). The summed E-state index contributed by atoms with van der Waals surface area (Å²) in [5, 5.41) is 5.94. The van der Waals surface area contributed by atoms with Crippen LogP contribution in [0.15, 0.2) is 84.9 Å². The number of aryl methyl sites for hydroxylation is 2. The molecule has 0 bridgehead atoms. The van der Waals surface area contributed by atoms with Crippen LogP contribution in [0.4, 0.5) is 11.4 Å². The molecule has 0 aliphatic rings. The summed E-state index contributed by atoms with van der Waals surface area (Å²) in [6, 6.07) is 26.0. The molecule has 0 radical (unpaired) electrons. The third-order valence-corrected chi connectivity index (χ3v) is 5.99. The van der Waals surface area contributed by atoms with Crippen molar-refractivity contribution < 1.29 is 19.1 Å². The molecule has 0 heterocycles. The Morgan fingerprint density at radius 3 is 1.33 bits per heavy atom. The summed E-state index contributed by atoms with van der Waals surface area (Å²) >= 11 is 0. The summed E-state index contributed by atoms with van der Waals surface area (Å²) in [6.07, 6.45) is 0. The van der Waals surface area contributed by atoms with Crippen LogP contribution in [0.1, 0.15) is 31.8 Å². The SMILES string of the molecule is COc1ccccc1C(=O)Nc1ccc(-c2ccc(NC(=O)c3ccccc3OC)c(C)c2)cc1C. The number of nitrogens with one attached hydrogen (secondary N) is 2. The van der Waals surface area contributed by atoms with Crippen LogP contribution >= 0.6 is 0 Å². The second-order valence-electron chi connectivity index (χ2n) is 8.37. The third-order valence-electron chi connectivity index (χ3n) is 5.99. The smallest absolute Gasteiger partial charge is 0.259 e. The van der Waals surface area contributed by atoms with E-state index in [1.54, 1.807) is 50.6 Å². The maximum atomic E-state index is 12.8. The van der Waals surface area contributed by atoms with Crippen molar-refractivity contribution in [2.24, 2.45) is 0 Å². The second kappa shape index (κ2) is 10.8. The number of hydrogen-bond donors (Lipinski definition) is 2. The van der Waals surface area contributed by atoms with E-state index in [1.165, 1.54) is 0 Å². The van der Waals surface area contributed by atoms with Gasteiger partial charge in [0.05, 0.1) is 25.3 Å². The van der Waals surface area contributed by atoms with Crippen molar-refractivity contribution >= 4 is 23.2 Å². The molecule has 0 atom stereocenters. The van der Waals surface area contributed by atoms with Gasteiger partial charge in [-0.2, -0.15) is 0 Å². The maximum Gasteiger partial charge on any atom is 0.259 e. The summed E-state index contributed by atoms with van der Waals surface area (Å²) < 4.78 is 10.6. The molecule has 4 aromatic carbocycles. The highest BCUT2D eigenvalue weighted by Gasteiger charge is 2.15. The van der Waals surface area contributed by atoms with E-state index >= 15 is 0 Å². The fourth-order valence-corrected chi connectivity index (χ4v) is 4.01. The Hall–Kier alpha value is -4.58. The number of carbonyl (C=O) groups excluding carboxylic acids is 2. The molecule has 0 saturated heterocycles. The first-order chi connectivity index (χ1) is 17.4. The van der Waals surface area contributed by atoms with Crippen LogP contribution in [-0.4, -0.2) is 26.0 Å². The van der Waals surface area contributed by atoms with Crippen LogP contribution in [0.5, 0.6) is 11.5 Å². The number of anilines is 2. The first-order valence-electron chi connectivity index (χ1n) is 11.5. The van der Waals surface area contributed by atoms with Gasteiger partial charge in [-0.25, -0.2) is 0 Å². The van der Waals surface area contributed by atoms with Gasteiger partial charge in [0.2, 0.25) is 0 Å². The molecule has 0 aliphatic carbocycles. The maximum absolute atomic E-state index is 12.8. The zero-order valence-electron chi connectivity index (χ0n) is 20.7. The van der Waals surface area contributed by atoms with Gasteiger partial charge in [-0.3, -0.25) is 9.59 Å². The molecule has 0 spiro atoms. The van der Waals surface area contributed by atoms with Crippen LogP contribution < -0.4 is 20.1 Å². The summed E-state index contributed by atoms with van der Waals surface area (Å²) in [7, 11) is 3.09. The Labute approximate surface area is 210 Å². The van der Waals surface area contributed by atoms with Crippen LogP contribution in [0.3, 0.4) is 0 Å². The molecular formula is C30H28N2O4. The third kappa shape index (κ3) is 5.23. The summed E-state index contributed by atoms with van der Waals surface area (Å²) in [6.45, 7) is 3.91. The van der Waals surface area contributed by atoms with E-state index in [0.717, 1.165) is 33.6 Å². The van der Waals surface area contributed by atoms with E-state index in [1.807, 2.05) is 62.4 Å². The number of carbonyl (C=O) groups is 2. The van der Waals surface area contributed by atoms with E-state index in [0.29, 0.717) is 22.6 Å². The lowest BCUT2D eigenvalue weighted by Gasteiger charge is -2.14. The average Bonchev–Trinajstić information content (AvgIpc) is 2.90. The molecule has 182 valence electrons. The van der Waals surface area contributed by atoms with Crippen LogP contribution in [-0.2, 0) is 0 Å². The molecule has 36 heavy (non-hydrogen) atoms. The van der Waals surface area contributed by atoms with Gasteiger partial charge in [0.25, 0.3) is 11.8 Å². The Morgan fingerprint density at radius 2 is 0.972 bits per heavy atom. The monoisotopic (exact) mass is 480 g/mol. The molecule has 0 aliphatic heterocycles. The molecular weight excluding hydrogens is 452 g/mol. The lowest BCUT2D eigenvalue weighted by atomic mass is 9.99. The van der Waals surface area contributed by atoms with E-state index in [9.17, 15) is 9.59 Å². The second-order valence-corrected chi connectivity index (χ2v) is 8.37. The van der Waals surface area contributed by atoms with Gasteiger partial charge in [-0.15, -0.1) is 0 Å². The molecule has 4 aromatic rings. The van der Waals surface area contributed by atoms with Gasteiger partial charge >= 0.3 is 0 Å². The number of hydrogen-bond acceptors (Lipinski definition) is 4. The van der Waals surface area contributed by atoms with Gasteiger partial charge in [-0.1, -0.05) is 36.4 Å². The lowest BCUT2D eigenvalue weighted by molar-refractivity contribution is 0.101. The normalized spacial score (nSPS) is 10.4. The van der Waals surface area contributed by atoms with Crippen LogP contribution in [0.2, 0.25) is 0 Å². The number of methoxy groups -OCH3 is 2. The summed E-state index contributed by atoms with van der Waals surface area (Å²) in [5.41, 5.74) is 6.29. The van der Waals surface area contributed by atoms with Crippen LogP contribution in [0.25, 0.3) is 11.1 Å². The van der Waals surface area contributed by atoms with Crippen molar-refractivity contribution in [3.63, 3.8) is 0 Å². The van der Waals surface area contributed by atoms with Gasteiger partial charge in [0, 0.05) is 11.4 Å². The molecule has 0 aromatic heterocycles. The highest BCUT2D eigenvalue weighted by Crippen LogP contribution is 2.29. The number of amides is 2. The fraction of sp³-hybridized carbons (Fsp3) is 0.133. The number of benzene rings is 4. The van der Waals surface area contributed by atoms with Crippen LogP contribution in [0, 0.1) is 13.8 Å². The molecule has 6 nitrogen and oxygen atoms in total. The van der Waals surface area contributed by atoms with Crippen molar-refractivity contribution in [1.29, 1.82) is 0 Å². The molecule has 2 N–H and O–H groups in total. The first-order valence-corrected chi connectivity index (χ1v) is 11.5. The molecule has 2 amide bonds. The summed E-state index contributed by atoms with van der Waals surface area (Å²) in [5.74, 6) is 0.596. The fourth-order valence-electron chi connectivity index (χ4n) is 4.01. The van der Waals surface area contributed by atoms with Gasteiger partial charge in [-0.05, 0) is 84.6 Å². The number of rotatable bonds is 7. The molecule has 6 heteroatoms. The predicted octanol–water partition coefficient (Wildman–Crippen LogP) is 6.49. The largest absolute Gasteiger partial charge is 0.496 e. The first kappa shape index (κ1) is 24.5. The summed E-state index contributed by atoms with van der Waals surface area (Å²) in [4.78, 5) is 25.6. The highest BCUT2D eigenvalue weighted by atomic mass is 16.5. The van der Waals surface area contributed by atoms with E-state index < -0.39 is 0 Å². The quantitative estimate of drug-likeness (QED) is 0.317. The van der Waals surface area contributed by atoms with Crippen molar-refractivity contribution in [2.45, 2.75) is 13.8 Å². The molecule has 0 unspecified atom stereocenters. The zero-order chi connectivity index (χ0) is 25.7. The van der Waals surface area contributed by atoms with Crippen molar-refractivity contribution in [2.75, 3.05) is 24.9 Å². The zero-order valence-corrected chi connectivity index (χ0v) is 20.7. The molecule has 0 fully saturated rings. The van der Waals surface area contributed by atoms with E-state index in [-0.39, 0.29) is 11.8 Å². The lowest BCUT2D eigenvalue weighted by Crippen LogP contribution is -2.14. The predicted molar refractivity (Wildman–Crippen MR) is 143 cm³/mol. The topological polar surface area (TPSA) is 76.7 Å². The van der Waals surface area contributed by atoms with Gasteiger partial charge in [0.1, 0.15) is 11.5 Å². The van der Waals surface area contributed by atoms with Crippen molar-refractivity contribution in [3.8, 4) is 22.6 Å². The minimum absolute atomic E-state index is 0.228. The highest BCUT2D eigenvalue weighted by molar-refractivity contribution is 6.07. The Bertz CT molecular complexity index is 1320. The average molecular weight is 481 g/mol. The molecule has 4 rings (SSSR count). The Morgan fingerprint density at radius 1 is 0.583 bits per heavy atom. The van der Waals surface area contributed by atoms with Crippen molar-refractivity contribution in [1.82, 2.24) is 0 Å². The number of para-hydroxylation sites is 2. The van der Waals surface area contributed by atoms with E-state index in [4.69, 9.17) is 9.47 Å². The van der Waals surface area contributed by atoms with Crippen molar-refractivity contribution in [3.05, 3.63) is 107 Å². The van der Waals surface area contributed by atoms with E-state index in [2.05, 4.69) is 10.6 Å².